The second kappa shape index (κ2) is 15.6. The summed E-state index contributed by atoms with van der Waals surface area (Å²) < 4.78 is 25.9. The normalized spacial score (nSPS) is 21.1. The Hall–Kier alpha value is -3.32. The maximum absolute atomic E-state index is 6.63. The van der Waals surface area contributed by atoms with Crippen molar-refractivity contribution in [2.75, 3.05) is 19.7 Å². The molecule has 1 aliphatic heterocycles. The van der Waals surface area contributed by atoms with Crippen LogP contribution in [0.15, 0.2) is 121 Å². The van der Waals surface area contributed by atoms with Gasteiger partial charge in [-0.2, -0.15) is 0 Å². The molecule has 4 aromatic carbocycles. The molecule has 5 heteroatoms. The van der Waals surface area contributed by atoms with E-state index in [1.165, 1.54) is 5.56 Å². The average Bonchev–Trinajstić information content (AvgIpc) is 3.03. The van der Waals surface area contributed by atoms with Gasteiger partial charge in [0.1, 0.15) is 12.2 Å². The minimum atomic E-state index is -0.289. The van der Waals surface area contributed by atoms with Gasteiger partial charge < -0.3 is 18.9 Å². The molecule has 5 nitrogen and oxygen atoms in total. The van der Waals surface area contributed by atoms with Crippen molar-refractivity contribution in [2.45, 2.75) is 50.8 Å². The Balaban J connectivity index is 1.31. The third-order valence-electron chi connectivity index (χ3n) is 7.46. The molecule has 0 unspecified atom stereocenters. The summed E-state index contributed by atoms with van der Waals surface area (Å²) in [7, 11) is 0. The quantitative estimate of drug-likeness (QED) is 0.168. The number of nitrogens with zero attached hydrogens (tertiary/aromatic N) is 1. The van der Waals surface area contributed by atoms with Crippen molar-refractivity contribution in [3.05, 3.63) is 151 Å². The van der Waals surface area contributed by atoms with Crippen molar-refractivity contribution in [3.8, 4) is 0 Å². The smallest absolute Gasteiger partial charge is 0.113 e. The van der Waals surface area contributed by atoms with E-state index in [0.29, 0.717) is 39.6 Å². The minimum absolute atomic E-state index is 0.128. The van der Waals surface area contributed by atoms with E-state index < -0.39 is 0 Å². The Morgan fingerprint density at radius 2 is 0.951 bits per heavy atom. The average molecular weight is 551 g/mol. The second-order valence-corrected chi connectivity index (χ2v) is 10.5. The number of hydrogen-bond acceptors (Lipinski definition) is 5. The molecular weight excluding hydrogens is 510 g/mol. The van der Waals surface area contributed by atoms with Crippen LogP contribution in [-0.2, 0) is 45.4 Å². The lowest BCUT2D eigenvalue weighted by molar-refractivity contribution is -0.198. The Kier molecular flexibility index (Phi) is 11.1. The van der Waals surface area contributed by atoms with Gasteiger partial charge in [0.25, 0.3) is 0 Å². The van der Waals surface area contributed by atoms with Crippen LogP contribution in [-0.4, -0.2) is 49.0 Å². The van der Waals surface area contributed by atoms with Crippen LogP contribution in [0.3, 0.4) is 0 Å². The molecule has 0 bridgehead atoms. The van der Waals surface area contributed by atoms with E-state index in [0.717, 1.165) is 23.2 Å². The van der Waals surface area contributed by atoms with Crippen molar-refractivity contribution >= 4 is 0 Å². The van der Waals surface area contributed by atoms with Gasteiger partial charge >= 0.3 is 0 Å². The molecule has 4 aromatic rings. The van der Waals surface area contributed by atoms with Crippen LogP contribution >= 0.6 is 0 Å². The zero-order chi connectivity index (χ0) is 28.1. The van der Waals surface area contributed by atoms with Crippen LogP contribution in [0.1, 0.15) is 22.3 Å². The molecule has 0 aromatic heterocycles. The van der Waals surface area contributed by atoms with E-state index >= 15 is 0 Å². The molecule has 41 heavy (non-hydrogen) atoms. The summed E-state index contributed by atoms with van der Waals surface area (Å²) in [4.78, 5) is 2.32. The van der Waals surface area contributed by atoms with Crippen LogP contribution in [0.25, 0.3) is 0 Å². The summed E-state index contributed by atoms with van der Waals surface area (Å²) in [5.74, 6) is 0. The highest BCUT2D eigenvalue weighted by molar-refractivity contribution is 5.16. The fourth-order valence-electron chi connectivity index (χ4n) is 5.18. The van der Waals surface area contributed by atoms with Crippen LogP contribution < -0.4 is 0 Å². The van der Waals surface area contributed by atoms with Gasteiger partial charge in [-0.3, -0.25) is 4.90 Å². The maximum Gasteiger partial charge on any atom is 0.113 e. The van der Waals surface area contributed by atoms with Crippen LogP contribution in [0.2, 0.25) is 0 Å². The molecule has 0 amide bonds. The van der Waals surface area contributed by atoms with Gasteiger partial charge in [-0.05, 0) is 29.2 Å². The van der Waals surface area contributed by atoms with Gasteiger partial charge in [-0.25, -0.2) is 0 Å². The summed E-state index contributed by atoms with van der Waals surface area (Å²) in [6.07, 6.45) is -0.777. The predicted octanol–water partition coefficient (Wildman–Crippen LogP) is 6.48. The van der Waals surface area contributed by atoms with E-state index in [1.54, 1.807) is 0 Å². The highest BCUT2D eigenvalue weighted by Gasteiger charge is 2.44. The third-order valence-corrected chi connectivity index (χ3v) is 7.46. The van der Waals surface area contributed by atoms with Gasteiger partial charge in [-0.15, -0.1) is 0 Å². The zero-order valence-corrected chi connectivity index (χ0v) is 23.6. The maximum atomic E-state index is 6.63. The van der Waals surface area contributed by atoms with Crippen LogP contribution in [0.5, 0.6) is 0 Å². The van der Waals surface area contributed by atoms with Crippen LogP contribution in [0, 0.1) is 6.92 Å². The zero-order valence-electron chi connectivity index (χ0n) is 23.6. The first kappa shape index (κ1) is 29.2. The first-order valence-electron chi connectivity index (χ1n) is 14.4. The number of rotatable bonds is 14. The molecule has 5 rings (SSSR count). The van der Waals surface area contributed by atoms with Gasteiger partial charge in [0.15, 0.2) is 0 Å². The predicted molar refractivity (Wildman–Crippen MR) is 162 cm³/mol. The topological polar surface area (TPSA) is 40.2 Å². The Morgan fingerprint density at radius 1 is 0.537 bits per heavy atom. The molecule has 0 N–H and O–H groups in total. The number of hydrogen-bond donors (Lipinski definition) is 0. The highest BCUT2D eigenvalue weighted by Crippen LogP contribution is 2.28. The summed E-state index contributed by atoms with van der Waals surface area (Å²) in [6, 6.07) is 40.9. The summed E-state index contributed by atoms with van der Waals surface area (Å²) in [5, 5.41) is 0. The lowest BCUT2D eigenvalue weighted by Crippen LogP contribution is -2.62. The molecule has 1 radical (unpaired) electrons. The van der Waals surface area contributed by atoms with E-state index in [9.17, 15) is 0 Å². The first-order valence-corrected chi connectivity index (χ1v) is 14.4. The molecule has 0 spiro atoms. The molecule has 1 aliphatic rings. The summed E-state index contributed by atoms with van der Waals surface area (Å²) >= 11 is 0. The molecule has 0 saturated carbocycles. The van der Waals surface area contributed by atoms with E-state index in [-0.39, 0.29) is 24.4 Å². The lowest BCUT2D eigenvalue weighted by atomic mass is 9.94. The van der Waals surface area contributed by atoms with Crippen molar-refractivity contribution < 1.29 is 18.9 Å². The molecule has 1 saturated heterocycles. The van der Waals surface area contributed by atoms with E-state index in [1.807, 2.05) is 72.8 Å². The SMILES string of the molecule is [CH2][C@@H]1[C@@H](OCc2ccccc2)[C@H](OCc2ccccc2)[C@@H](OCc2ccccc2)CN1CCOCc1ccccc1. The minimum Gasteiger partial charge on any atom is -0.375 e. The van der Waals surface area contributed by atoms with Gasteiger partial charge in [0.2, 0.25) is 0 Å². The molecule has 1 heterocycles. The van der Waals surface area contributed by atoms with E-state index in [4.69, 9.17) is 18.9 Å². The molecule has 213 valence electrons. The third kappa shape index (κ3) is 8.83. The Labute approximate surface area is 244 Å². The van der Waals surface area contributed by atoms with Gasteiger partial charge in [0, 0.05) is 19.1 Å². The van der Waals surface area contributed by atoms with Crippen molar-refractivity contribution in [1.82, 2.24) is 4.90 Å². The number of benzene rings is 4. The first-order chi connectivity index (χ1) is 20.3. The molecule has 0 aliphatic carbocycles. The van der Waals surface area contributed by atoms with Crippen molar-refractivity contribution in [3.63, 3.8) is 0 Å². The molecule has 1 fully saturated rings. The molecular formula is C36H40NO4. The fourth-order valence-corrected chi connectivity index (χ4v) is 5.18. The number of piperidine rings is 1. The van der Waals surface area contributed by atoms with Crippen LogP contribution in [0.4, 0.5) is 0 Å². The largest absolute Gasteiger partial charge is 0.375 e. The van der Waals surface area contributed by atoms with Crippen molar-refractivity contribution in [2.24, 2.45) is 0 Å². The molecule has 4 atom stereocenters. The summed E-state index contributed by atoms with van der Waals surface area (Å²) in [5.41, 5.74) is 4.53. The van der Waals surface area contributed by atoms with E-state index in [2.05, 4.69) is 60.4 Å². The number of ether oxygens (including phenoxy) is 4. The van der Waals surface area contributed by atoms with Crippen molar-refractivity contribution in [1.29, 1.82) is 0 Å². The number of likely N-dealkylation sites (tertiary alicyclic amines) is 1. The highest BCUT2D eigenvalue weighted by atomic mass is 16.6. The monoisotopic (exact) mass is 550 g/mol. The second-order valence-electron chi connectivity index (χ2n) is 10.5. The Bertz CT molecular complexity index is 1260. The standard InChI is InChI=1S/C36H40NO4/c1-29-35(40-27-32-18-10-4-11-19-32)36(41-28-33-20-12-5-13-21-33)34(39-26-31-16-8-3-9-17-31)24-37(29)22-23-38-25-30-14-6-2-7-15-30/h2-21,29,34-36H,1,22-28H2/t29-,34+,35-,36-/m1/s1. The lowest BCUT2D eigenvalue weighted by Gasteiger charge is -2.47. The summed E-state index contributed by atoms with van der Waals surface area (Å²) in [6.45, 7) is 8.62. The van der Waals surface area contributed by atoms with Gasteiger partial charge in [-0.1, -0.05) is 121 Å². The van der Waals surface area contributed by atoms with Gasteiger partial charge in [0.05, 0.1) is 39.1 Å². The Morgan fingerprint density at radius 3 is 1.44 bits per heavy atom. The fraction of sp³-hybridized carbons (Fsp3) is 0.306.